The number of nitriles is 1. The Morgan fingerprint density at radius 3 is 2.37 bits per heavy atom. The predicted molar refractivity (Wildman–Crippen MR) is 173 cm³/mol. The summed E-state index contributed by atoms with van der Waals surface area (Å²) >= 11 is 1.51. The van der Waals surface area contributed by atoms with Crippen LogP contribution in [0.2, 0.25) is 0 Å². The molecule has 0 unspecified atom stereocenters. The van der Waals surface area contributed by atoms with E-state index in [1.54, 1.807) is 26.3 Å². The van der Waals surface area contributed by atoms with Gasteiger partial charge in [-0.15, -0.1) is 23.7 Å². The van der Waals surface area contributed by atoms with Gasteiger partial charge in [0, 0.05) is 30.7 Å². The molecular formula is C34H32ClN3O4S. The average molecular weight is 614 g/mol. The van der Waals surface area contributed by atoms with Gasteiger partial charge >= 0.3 is 5.97 Å². The van der Waals surface area contributed by atoms with Gasteiger partial charge in [0.05, 0.1) is 30.7 Å². The van der Waals surface area contributed by atoms with E-state index in [1.807, 2.05) is 72.3 Å². The lowest BCUT2D eigenvalue weighted by Gasteiger charge is -2.18. The zero-order valence-corrected chi connectivity index (χ0v) is 25.8. The molecule has 0 atom stereocenters. The highest BCUT2D eigenvalue weighted by atomic mass is 35.5. The fourth-order valence-electron chi connectivity index (χ4n) is 5.07. The van der Waals surface area contributed by atoms with Crippen molar-refractivity contribution in [1.29, 1.82) is 5.26 Å². The maximum Gasteiger partial charge on any atom is 0.343 e. The molecule has 0 fully saturated rings. The number of nitrogens with zero attached hydrogens (tertiary/aromatic N) is 3. The minimum Gasteiger partial charge on any atom is -0.497 e. The van der Waals surface area contributed by atoms with Crippen LogP contribution in [0.25, 0.3) is 20.7 Å². The Hall–Kier alpha value is -4.42. The van der Waals surface area contributed by atoms with Crippen LogP contribution in [0.4, 0.5) is 0 Å². The summed E-state index contributed by atoms with van der Waals surface area (Å²) in [5.74, 6) is 0.0763. The van der Waals surface area contributed by atoms with Crippen LogP contribution >= 0.6 is 23.7 Å². The smallest absolute Gasteiger partial charge is 0.343 e. The molecular weight excluding hydrogens is 582 g/mol. The van der Waals surface area contributed by atoms with E-state index < -0.39 is 5.97 Å². The van der Waals surface area contributed by atoms with Gasteiger partial charge in [-0.1, -0.05) is 48.5 Å². The van der Waals surface area contributed by atoms with Crippen LogP contribution < -0.4 is 10.2 Å². The molecule has 0 saturated heterocycles. The third kappa shape index (κ3) is 6.81. The number of carbonyl (C=O) groups is 1. The predicted octanol–water partition coefficient (Wildman–Crippen LogP) is 6.89. The van der Waals surface area contributed by atoms with Gasteiger partial charge in [0.25, 0.3) is 0 Å². The summed E-state index contributed by atoms with van der Waals surface area (Å²) < 4.78 is 12.6. The number of fused-ring (bicyclic) bond motifs is 1. The van der Waals surface area contributed by atoms with Gasteiger partial charge in [-0.2, -0.15) is 5.26 Å². The number of rotatable bonds is 10. The molecule has 0 aliphatic rings. The second-order valence-corrected chi connectivity index (χ2v) is 11.0. The highest BCUT2D eigenvalue weighted by Crippen LogP contribution is 2.39. The second kappa shape index (κ2) is 14.2. The van der Waals surface area contributed by atoms with Gasteiger partial charge in [-0.25, -0.2) is 4.79 Å². The Bertz CT molecular complexity index is 1830. The van der Waals surface area contributed by atoms with Gasteiger partial charge in [0.1, 0.15) is 16.1 Å². The fraction of sp³-hybridized carbons (Fsp3) is 0.206. The van der Waals surface area contributed by atoms with E-state index in [9.17, 15) is 14.9 Å². The van der Waals surface area contributed by atoms with E-state index in [0.29, 0.717) is 30.6 Å². The van der Waals surface area contributed by atoms with Crippen molar-refractivity contribution < 1.29 is 14.3 Å². The Morgan fingerprint density at radius 1 is 1.00 bits per heavy atom. The van der Waals surface area contributed by atoms with Gasteiger partial charge in [-0.05, 0) is 66.6 Å². The zero-order valence-electron chi connectivity index (χ0n) is 24.2. The number of pyridine rings is 1. The summed E-state index contributed by atoms with van der Waals surface area (Å²) in [6.45, 7) is 3.35. The first-order chi connectivity index (χ1) is 20.4. The summed E-state index contributed by atoms with van der Waals surface area (Å²) in [7, 11) is 3.65. The molecule has 220 valence electrons. The summed E-state index contributed by atoms with van der Waals surface area (Å²) in [5.41, 5.74) is 3.90. The molecule has 43 heavy (non-hydrogen) atoms. The van der Waals surface area contributed by atoms with Crippen molar-refractivity contribution >= 4 is 39.9 Å². The largest absolute Gasteiger partial charge is 0.497 e. The van der Waals surface area contributed by atoms with E-state index >= 15 is 0 Å². The summed E-state index contributed by atoms with van der Waals surface area (Å²) in [6, 6.07) is 27.5. The first kappa shape index (κ1) is 31.5. The fourth-order valence-corrected chi connectivity index (χ4v) is 6.36. The van der Waals surface area contributed by atoms with Crippen molar-refractivity contribution in [3.8, 4) is 22.3 Å². The Labute approximate surface area is 260 Å². The maximum absolute atomic E-state index is 14.1. The highest BCUT2D eigenvalue weighted by molar-refractivity contribution is 7.22. The first-order valence-electron chi connectivity index (χ1n) is 13.6. The zero-order chi connectivity index (χ0) is 29.6. The Morgan fingerprint density at radius 2 is 1.70 bits per heavy atom. The lowest BCUT2D eigenvalue weighted by atomic mass is 10.0. The number of aromatic nitrogens is 1. The van der Waals surface area contributed by atoms with Crippen molar-refractivity contribution in [2.24, 2.45) is 0 Å². The summed E-state index contributed by atoms with van der Waals surface area (Å²) in [4.78, 5) is 31.0. The third-order valence-electron chi connectivity index (χ3n) is 7.06. The van der Waals surface area contributed by atoms with Crippen LogP contribution in [0.15, 0.2) is 89.9 Å². The highest BCUT2D eigenvalue weighted by Gasteiger charge is 2.25. The number of halogens is 1. The molecule has 5 rings (SSSR count). The number of thiophene rings is 1. The monoisotopic (exact) mass is 613 g/mol. The normalized spacial score (nSPS) is 10.8. The van der Waals surface area contributed by atoms with Crippen LogP contribution in [-0.4, -0.2) is 36.2 Å². The molecule has 0 aliphatic carbocycles. The molecule has 2 heterocycles. The molecule has 0 bridgehead atoms. The minimum atomic E-state index is -0.660. The van der Waals surface area contributed by atoms with Gasteiger partial charge < -0.3 is 14.0 Å². The summed E-state index contributed by atoms with van der Waals surface area (Å²) in [5, 5.41) is 10.2. The SMILES string of the molecule is CCOC(=O)c1cn(Cc2ccccc2C#N)c2sc(-c3ccc(OC)cc3)c(CN(C)Cc3ccccc3)c2c1=O.Cl. The number of methoxy groups -OCH3 is 1. The number of carbonyl (C=O) groups excluding carboxylic acids is 1. The van der Waals surface area contributed by atoms with Crippen molar-refractivity contribution in [3.05, 3.63) is 123 Å². The van der Waals surface area contributed by atoms with E-state index in [0.717, 1.165) is 37.7 Å². The molecule has 2 aromatic heterocycles. The first-order valence-corrected chi connectivity index (χ1v) is 14.5. The third-order valence-corrected chi connectivity index (χ3v) is 8.37. The molecule has 0 saturated carbocycles. The van der Waals surface area contributed by atoms with E-state index in [-0.39, 0.29) is 30.0 Å². The van der Waals surface area contributed by atoms with Gasteiger partial charge in [0.15, 0.2) is 0 Å². The second-order valence-electron chi connectivity index (χ2n) is 9.97. The number of esters is 1. The molecule has 0 spiro atoms. The number of benzene rings is 3. The lowest BCUT2D eigenvalue weighted by molar-refractivity contribution is 0.0524. The molecule has 0 N–H and O–H groups in total. The minimum absolute atomic E-state index is 0. The van der Waals surface area contributed by atoms with Crippen molar-refractivity contribution in [1.82, 2.24) is 9.47 Å². The maximum atomic E-state index is 14.1. The standard InChI is InChI=1S/C34H31N3O4S.ClH/c1-4-41-34(39)29-22-37(20-26-13-9-8-12-25(26)18-35)33-30(31(29)38)28(21-36(2)19-23-10-6-5-7-11-23)32(42-33)24-14-16-27(40-3)17-15-24;/h5-17,22H,4,19-21H2,1-3H3;1H. The van der Waals surface area contributed by atoms with E-state index in [4.69, 9.17) is 9.47 Å². The number of hydrogen-bond donors (Lipinski definition) is 0. The Balaban J connectivity index is 0.00000423. The van der Waals surface area contributed by atoms with Crippen molar-refractivity contribution in [2.75, 3.05) is 20.8 Å². The molecule has 5 aromatic rings. The number of ether oxygens (including phenoxy) is 2. The molecule has 3 aromatic carbocycles. The topological polar surface area (TPSA) is 84.6 Å². The van der Waals surface area contributed by atoms with Crippen molar-refractivity contribution in [3.63, 3.8) is 0 Å². The van der Waals surface area contributed by atoms with Crippen LogP contribution in [0.5, 0.6) is 5.75 Å². The lowest BCUT2D eigenvalue weighted by Crippen LogP contribution is -2.23. The van der Waals surface area contributed by atoms with Crippen LogP contribution in [0.3, 0.4) is 0 Å². The van der Waals surface area contributed by atoms with Gasteiger partial charge in [0.2, 0.25) is 5.43 Å². The molecule has 0 aliphatic heterocycles. The Kier molecular flexibility index (Phi) is 10.4. The quantitative estimate of drug-likeness (QED) is 0.160. The van der Waals surface area contributed by atoms with Crippen LogP contribution in [-0.2, 0) is 24.4 Å². The molecule has 9 heteroatoms. The average Bonchev–Trinajstić information content (AvgIpc) is 3.39. The summed E-state index contributed by atoms with van der Waals surface area (Å²) in [6.07, 6.45) is 1.57. The van der Waals surface area contributed by atoms with Gasteiger partial charge in [-0.3, -0.25) is 9.69 Å². The molecule has 0 amide bonds. The molecule has 7 nitrogen and oxygen atoms in total. The van der Waals surface area contributed by atoms with Crippen molar-refractivity contribution in [2.45, 2.75) is 26.6 Å². The van der Waals surface area contributed by atoms with E-state index in [1.165, 1.54) is 11.3 Å². The van der Waals surface area contributed by atoms with E-state index in [2.05, 4.69) is 23.1 Å². The van der Waals surface area contributed by atoms with Crippen LogP contribution in [0, 0.1) is 11.3 Å². The molecule has 0 radical (unpaired) electrons. The van der Waals surface area contributed by atoms with Crippen LogP contribution in [0.1, 0.15) is 39.5 Å². The number of hydrogen-bond acceptors (Lipinski definition) is 7.